The van der Waals surface area contributed by atoms with Gasteiger partial charge in [-0.15, -0.1) is 0 Å². The number of nitrogens with zero attached hydrogens (tertiary/aromatic N) is 3. The lowest BCUT2D eigenvalue weighted by molar-refractivity contribution is -0.142. The van der Waals surface area contributed by atoms with Crippen molar-refractivity contribution in [1.82, 2.24) is 20.0 Å². The van der Waals surface area contributed by atoms with Gasteiger partial charge in [0.1, 0.15) is 0 Å². The number of amides is 1. The summed E-state index contributed by atoms with van der Waals surface area (Å²) in [5.74, 6) is 2.01. The normalized spacial score (nSPS) is 20.1. The molecule has 3 aliphatic rings. The molecule has 3 aliphatic heterocycles. The Balaban J connectivity index is 1.20. The van der Waals surface area contributed by atoms with E-state index >= 15 is 0 Å². The van der Waals surface area contributed by atoms with Crippen molar-refractivity contribution in [2.75, 3.05) is 59.5 Å². The second-order valence-electron chi connectivity index (χ2n) is 13.2. The van der Waals surface area contributed by atoms with E-state index in [-0.39, 0.29) is 11.9 Å². The van der Waals surface area contributed by atoms with Crippen LogP contribution in [0.4, 0.5) is 0 Å². The highest BCUT2D eigenvalue weighted by Gasteiger charge is 2.30. The van der Waals surface area contributed by atoms with Crippen LogP contribution in [-0.4, -0.2) is 86.0 Å². The summed E-state index contributed by atoms with van der Waals surface area (Å²) < 4.78 is 4.85. The van der Waals surface area contributed by atoms with Gasteiger partial charge in [0.25, 0.3) is 0 Å². The maximum atomic E-state index is 11.7. The Morgan fingerprint density at radius 2 is 1.20 bits per heavy atom. The molecule has 44 heavy (non-hydrogen) atoms. The summed E-state index contributed by atoms with van der Waals surface area (Å²) in [4.78, 5) is 30.4. The number of nitrogens with one attached hydrogen (secondary N) is 1. The molecule has 240 valence electrons. The molecule has 3 heterocycles. The highest BCUT2D eigenvalue weighted by Crippen LogP contribution is 2.34. The van der Waals surface area contributed by atoms with Crippen LogP contribution in [0.3, 0.4) is 0 Å². The van der Waals surface area contributed by atoms with E-state index in [1.165, 1.54) is 43.9 Å². The fraction of sp³-hybridized carbons (Fsp3) is 0.600. The first-order chi connectivity index (χ1) is 21.2. The van der Waals surface area contributed by atoms with E-state index < -0.39 is 0 Å². The fourth-order valence-electron chi connectivity index (χ4n) is 7.40. The Morgan fingerprint density at radius 1 is 0.727 bits per heavy atom. The van der Waals surface area contributed by atoms with Crippen molar-refractivity contribution in [3.8, 4) is 11.1 Å². The molecule has 0 spiro atoms. The summed E-state index contributed by atoms with van der Waals surface area (Å²) in [7, 11) is 1.47. The Hall–Kier alpha value is -2.16. The second kappa shape index (κ2) is 15.9. The third-order valence-corrected chi connectivity index (χ3v) is 10.4. The molecule has 5 rings (SSSR count). The Kier molecular flexibility index (Phi) is 12.0. The SMILES string of the molecule is COC(=O)CN1CCC(C2CCN(Cc3cc(CN4CCC(CNC(C)=O)CC4)cc(-c4cc(Cl)cc(Cl)c4)c3)CC2)CC1. The van der Waals surface area contributed by atoms with Crippen molar-refractivity contribution in [3.05, 3.63) is 57.6 Å². The van der Waals surface area contributed by atoms with Gasteiger partial charge in [0.05, 0.1) is 13.7 Å². The van der Waals surface area contributed by atoms with Gasteiger partial charge < -0.3 is 10.1 Å². The predicted octanol–water partition coefficient (Wildman–Crippen LogP) is 6.11. The number of carbonyl (C=O) groups excluding carboxylic acids is 2. The maximum absolute atomic E-state index is 11.7. The van der Waals surface area contributed by atoms with E-state index in [1.54, 1.807) is 13.0 Å². The van der Waals surface area contributed by atoms with E-state index in [0.29, 0.717) is 22.5 Å². The first kappa shape index (κ1) is 33.2. The maximum Gasteiger partial charge on any atom is 0.319 e. The minimum absolute atomic E-state index is 0.0555. The average molecular weight is 644 g/mol. The molecule has 2 aromatic rings. The standard InChI is InChI=1S/C35H48Cl2N4O3/c1-25(42)38-21-26-3-9-39(10-4-26)22-27-15-28(17-31(16-27)32-18-33(36)20-34(37)19-32)23-40-11-5-29(6-12-40)30-7-13-41(14-8-30)24-35(43)44-2/h15-20,26,29-30H,3-14,21-24H2,1-2H3,(H,38,42). The number of hydrogen-bond donors (Lipinski definition) is 1. The van der Waals surface area contributed by atoms with Crippen LogP contribution in [0.15, 0.2) is 36.4 Å². The van der Waals surface area contributed by atoms with E-state index in [4.69, 9.17) is 27.9 Å². The molecule has 7 nitrogen and oxygen atoms in total. The number of rotatable bonds is 10. The first-order valence-corrected chi connectivity index (χ1v) is 17.1. The fourth-order valence-corrected chi connectivity index (χ4v) is 7.92. The molecule has 3 fully saturated rings. The molecule has 1 N–H and O–H groups in total. The molecule has 0 aliphatic carbocycles. The number of likely N-dealkylation sites (tertiary alicyclic amines) is 3. The van der Waals surface area contributed by atoms with Crippen molar-refractivity contribution in [1.29, 1.82) is 0 Å². The van der Waals surface area contributed by atoms with Crippen molar-refractivity contribution in [2.45, 2.75) is 58.5 Å². The number of ether oxygens (including phenoxy) is 1. The van der Waals surface area contributed by atoms with Gasteiger partial charge in [-0.1, -0.05) is 29.3 Å². The number of esters is 1. The lowest BCUT2D eigenvalue weighted by Gasteiger charge is -2.40. The minimum Gasteiger partial charge on any atom is -0.468 e. The van der Waals surface area contributed by atoms with Gasteiger partial charge >= 0.3 is 5.97 Å². The van der Waals surface area contributed by atoms with Crippen LogP contribution in [0.2, 0.25) is 10.0 Å². The smallest absolute Gasteiger partial charge is 0.319 e. The summed E-state index contributed by atoms with van der Waals surface area (Å²) in [6, 6.07) is 12.8. The van der Waals surface area contributed by atoms with Crippen LogP contribution in [-0.2, 0) is 27.4 Å². The molecule has 0 bridgehead atoms. The molecule has 9 heteroatoms. The van der Waals surface area contributed by atoms with E-state index in [9.17, 15) is 9.59 Å². The number of carbonyl (C=O) groups is 2. The van der Waals surface area contributed by atoms with Crippen molar-refractivity contribution in [3.63, 3.8) is 0 Å². The summed E-state index contributed by atoms with van der Waals surface area (Å²) in [6.07, 6.45) is 7.06. The van der Waals surface area contributed by atoms with Crippen LogP contribution in [0.25, 0.3) is 11.1 Å². The summed E-state index contributed by atoms with van der Waals surface area (Å²) in [6.45, 7) is 11.0. The lowest BCUT2D eigenvalue weighted by Crippen LogP contribution is -2.42. The molecule has 3 saturated heterocycles. The van der Waals surface area contributed by atoms with Crippen molar-refractivity contribution < 1.29 is 14.3 Å². The minimum atomic E-state index is -0.134. The molecule has 1 amide bonds. The zero-order valence-corrected chi connectivity index (χ0v) is 27.8. The number of piperidine rings is 3. The quantitative estimate of drug-likeness (QED) is 0.316. The highest BCUT2D eigenvalue weighted by atomic mass is 35.5. The van der Waals surface area contributed by atoms with E-state index in [1.807, 2.05) is 12.1 Å². The number of halogens is 2. The van der Waals surface area contributed by atoms with E-state index in [0.717, 1.165) is 94.7 Å². The van der Waals surface area contributed by atoms with Gasteiger partial charge in [-0.05, 0) is 148 Å². The average Bonchev–Trinajstić information content (AvgIpc) is 3.01. The molecule has 0 unspecified atom stereocenters. The third kappa shape index (κ3) is 9.67. The monoisotopic (exact) mass is 642 g/mol. The predicted molar refractivity (Wildman–Crippen MR) is 178 cm³/mol. The van der Waals surface area contributed by atoms with Crippen LogP contribution >= 0.6 is 23.2 Å². The Bertz CT molecular complexity index is 1250. The molecule has 0 aromatic heterocycles. The largest absolute Gasteiger partial charge is 0.468 e. The number of benzene rings is 2. The Morgan fingerprint density at radius 3 is 1.70 bits per heavy atom. The number of hydrogen-bond acceptors (Lipinski definition) is 6. The summed E-state index contributed by atoms with van der Waals surface area (Å²) in [5.41, 5.74) is 4.87. The summed E-state index contributed by atoms with van der Waals surface area (Å²) in [5, 5.41) is 4.29. The third-order valence-electron chi connectivity index (χ3n) is 9.92. The van der Waals surface area contributed by atoms with Crippen molar-refractivity contribution in [2.24, 2.45) is 17.8 Å². The van der Waals surface area contributed by atoms with Gasteiger partial charge in [-0.25, -0.2) is 0 Å². The van der Waals surface area contributed by atoms with Gasteiger partial charge in [-0.3, -0.25) is 24.3 Å². The van der Waals surface area contributed by atoms with Gasteiger partial charge in [-0.2, -0.15) is 0 Å². The highest BCUT2D eigenvalue weighted by molar-refractivity contribution is 6.35. The topological polar surface area (TPSA) is 65.1 Å². The van der Waals surface area contributed by atoms with Crippen LogP contribution in [0.1, 0.15) is 56.6 Å². The number of methoxy groups -OCH3 is 1. The Labute approximate surface area is 273 Å². The molecular formula is C35H48Cl2N4O3. The molecular weight excluding hydrogens is 595 g/mol. The lowest BCUT2D eigenvalue weighted by atomic mass is 9.78. The van der Waals surface area contributed by atoms with Crippen LogP contribution in [0, 0.1) is 17.8 Å². The summed E-state index contributed by atoms with van der Waals surface area (Å²) >= 11 is 12.8. The van der Waals surface area contributed by atoms with E-state index in [2.05, 4.69) is 38.2 Å². The zero-order valence-electron chi connectivity index (χ0n) is 26.3. The molecule has 0 radical (unpaired) electrons. The molecule has 0 saturated carbocycles. The molecule has 0 atom stereocenters. The molecule has 2 aromatic carbocycles. The van der Waals surface area contributed by atoms with Crippen LogP contribution in [0.5, 0.6) is 0 Å². The van der Waals surface area contributed by atoms with Gasteiger partial charge in [0.2, 0.25) is 5.91 Å². The van der Waals surface area contributed by atoms with Crippen molar-refractivity contribution >= 4 is 35.1 Å². The van der Waals surface area contributed by atoms with Crippen LogP contribution < -0.4 is 5.32 Å². The first-order valence-electron chi connectivity index (χ1n) is 16.3. The second-order valence-corrected chi connectivity index (χ2v) is 14.0. The van der Waals surface area contributed by atoms with Gasteiger partial charge in [0, 0.05) is 36.6 Å². The zero-order chi connectivity index (χ0) is 31.1. The van der Waals surface area contributed by atoms with Gasteiger partial charge in [0.15, 0.2) is 0 Å².